The Kier molecular flexibility index (Phi) is 5.85. The number of carbonyl (C=O) groups excluding carboxylic acids is 3. The highest BCUT2D eigenvalue weighted by Crippen LogP contribution is 2.32. The topological polar surface area (TPSA) is 79.0 Å². The third kappa shape index (κ3) is 4.22. The van der Waals surface area contributed by atoms with E-state index in [1.54, 1.807) is 19.1 Å². The van der Waals surface area contributed by atoms with Gasteiger partial charge >= 0.3 is 6.03 Å². The maximum absolute atomic E-state index is 13.0. The van der Waals surface area contributed by atoms with Crippen LogP contribution < -0.4 is 10.1 Å². The molecule has 0 bridgehead atoms. The van der Waals surface area contributed by atoms with E-state index in [1.165, 1.54) is 0 Å². The molecule has 0 radical (unpaired) electrons. The number of nitrogens with zero attached hydrogens (tertiary/aromatic N) is 2. The molecule has 2 aliphatic rings. The molecule has 1 saturated carbocycles. The minimum atomic E-state index is -0.814. The lowest BCUT2D eigenvalue weighted by Gasteiger charge is -2.25. The SMILES string of the molecule is COc1ccc2cc(CN(C)C(=O)CN3C(=O)NC4(CCCCCC4)C3=O)ccc2c1. The monoisotopic (exact) mass is 423 g/mol. The highest BCUT2D eigenvalue weighted by Gasteiger charge is 2.51. The molecule has 7 heteroatoms. The molecule has 4 rings (SSSR count). The molecule has 1 heterocycles. The van der Waals surface area contributed by atoms with Gasteiger partial charge in [0, 0.05) is 13.6 Å². The first-order chi connectivity index (χ1) is 14.9. The van der Waals surface area contributed by atoms with Crippen LogP contribution in [-0.4, -0.2) is 53.9 Å². The molecular formula is C24H29N3O4. The number of urea groups is 1. The van der Waals surface area contributed by atoms with E-state index in [1.807, 2.05) is 36.4 Å². The van der Waals surface area contributed by atoms with Gasteiger partial charge in [-0.15, -0.1) is 0 Å². The molecule has 1 aliphatic heterocycles. The number of imide groups is 1. The minimum absolute atomic E-state index is 0.228. The van der Waals surface area contributed by atoms with Crippen LogP contribution in [0.4, 0.5) is 4.79 Å². The molecular weight excluding hydrogens is 394 g/mol. The van der Waals surface area contributed by atoms with Crippen LogP contribution in [0.3, 0.4) is 0 Å². The van der Waals surface area contributed by atoms with Gasteiger partial charge in [0.2, 0.25) is 5.91 Å². The molecule has 2 aromatic rings. The summed E-state index contributed by atoms with van der Waals surface area (Å²) in [5, 5.41) is 5.01. The number of rotatable bonds is 5. The summed E-state index contributed by atoms with van der Waals surface area (Å²) in [4.78, 5) is 41.0. The maximum Gasteiger partial charge on any atom is 0.325 e. The lowest BCUT2D eigenvalue weighted by Crippen LogP contribution is -2.47. The van der Waals surface area contributed by atoms with Gasteiger partial charge in [0.15, 0.2) is 0 Å². The van der Waals surface area contributed by atoms with Crippen molar-refractivity contribution in [3.05, 3.63) is 42.0 Å². The van der Waals surface area contributed by atoms with Crippen LogP contribution in [0.25, 0.3) is 10.8 Å². The van der Waals surface area contributed by atoms with Crippen molar-refractivity contribution in [3.63, 3.8) is 0 Å². The lowest BCUT2D eigenvalue weighted by atomic mass is 9.90. The van der Waals surface area contributed by atoms with Gasteiger partial charge in [0.25, 0.3) is 5.91 Å². The number of benzene rings is 2. The molecule has 31 heavy (non-hydrogen) atoms. The van der Waals surface area contributed by atoms with Crippen molar-refractivity contribution < 1.29 is 19.1 Å². The Balaban J connectivity index is 1.42. The maximum atomic E-state index is 13.0. The number of carbonyl (C=O) groups is 3. The van der Waals surface area contributed by atoms with Crippen LogP contribution in [0, 0.1) is 0 Å². The first kappa shape index (κ1) is 21.2. The van der Waals surface area contributed by atoms with Crippen LogP contribution in [0.15, 0.2) is 36.4 Å². The Labute approximate surface area is 182 Å². The van der Waals surface area contributed by atoms with Crippen LogP contribution in [0.5, 0.6) is 5.75 Å². The first-order valence-electron chi connectivity index (χ1n) is 10.9. The van der Waals surface area contributed by atoms with Crippen molar-refractivity contribution in [3.8, 4) is 5.75 Å². The molecule has 4 amide bonds. The van der Waals surface area contributed by atoms with Gasteiger partial charge in [-0.1, -0.05) is 43.9 Å². The number of hydrogen-bond donors (Lipinski definition) is 1. The average Bonchev–Trinajstić information content (AvgIpc) is 2.93. The molecule has 7 nitrogen and oxygen atoms in total. The Hall–Kier alpha value is -3.09. The molecule has 0 unspecified atom stereocenters. The van der Waals surface area contributed by atoms with E-state index in [4.69, 9.17) is 4.74 Å². The Morgan fingerprint density at radius 2 is 1.74 bits per heavy atom. The number of ether oxygens (including phenoxy) is 1. The smallest absolute Gasteiger partial charge is 0.325 e. The minimum Gasteiger partial charge on any atom is -0.497 e. The largest absolute Gasteiger partial charge is 0.497 e. The van der Waals surface area contributed by atoms with E-state index in [2.05, 4.69) is 5.32 Å². The second kappa shape index (κ2) is 8.57. The molecule has 0 atom stereocenters. The molecule has 164 valence electrons. The number of nitrogens with one attached hydrogen (secondary N) is 1. The summed E-state index contributed by atoms with van der Waals surface area (Å²) in [6, 6.07) is 11.4. The number of hydrogen-bond acceptors (Lipinski definition) is 4. The van der Waals surface area contributed by atoms with E-state index in [-0.39, 0.29) is 18.4 Å². The van der Waals surface area contributed by atoms with Crippen molar-refractivity contribution in [2.75, 3.05) is 20.7 Å². The van der Waals surface area contributed by atoms with Crippen LogP contribution in [0.2, 0.25) is 0 Å². The standard InChI is InChI=1S/C24H29N3O4/c1-26(15-17-7-8-19-14-20(31-2)10-9-18(19)13-17)21(28)16-27-22(29)24(25-23(27)30)11-5-3-4-6-12-24/h7-10,13-14H,3-6,11-12,15-16H2,1-2H3,(H,25,30). The van der Waals surface area contributed by atoms with Crippen LogP contribution in [0.1, 0.15) is 44.1 Å². The Morgan fingerprint density at radius 1 is 1.06 bits per heavy atom. The highest BCUT2D eigenvalue weighted by atomic mass is 16.5. The van der Waals surface area contributed by atoms with Gasteiger partial charge in [0.1, 0.15) is 17.8 Å². The van der Waals surface area contributed by atoms with Crippen molar-refractivity contribution in [1.82, 2.24) is 15.1 Å². The molecule has 0 aromatic heterocycles. The van der Waals surface area contributed by atoms with Crippen LogP contribution in [-0.2, 0) is 16.1 Å². The molecule has 2 fully saturated rings. The predicted molar refractivity (Wildman–Crippen MR) is 118 cm³/mol. The summed E-state index contributed by atoms with van der Waals surface area (Å²) in [7, 11) is 3.33. The van der Waals surface area contributed by atoms with Crippen molar-refractivity contribution in [2.45, 2.75) is 50.6 Å². The van der Waals surface area contributed by atoms with Gasteiger partial charge < -0.3 is 15.0 Å². The fraction of sp³-hybridized carbons (Fsp3) is 0.458. The number of amides is 4. The fourth-order valence-corrected chi connectivity index (χ4v) is 4.61. The van der Waals surface area contributed by atoms with Gasteiger partial charge in [-0.05, 0) is 47.4 Å². The normalized spacial score (nSPS) is 18.2. The Bertz CT molecular complexity index is 1010. The van der Waals surface area contributed by atoms with E-state index >= 15 is 0 Å². The molecule has 1 N–H and O–H groups in total. The number of fused-ring (bicyclic) bond motifs is 1. The second-order valence-electron chi connectivity index (χ2n) is 8.62. The van der Waals surface area contributed by atoms with E-state index in [0.717, 1.165) is 52.7 Å². The van der Waals surface area contributed by atoms with Gasteiger partial charge in [0.05, 0.1) is 7.11 Å². The zero-order valence-electron chi connectivity index (χ0n) is 18.1. The quantitative estimate of drug-likeness (QED) is 0.747. The average molecular weight is 424 g/mol. The lowest BCUT2D eigenvalue weighted by molar-refractivity contribution is -0.138. The second-order valence-corrected chi connectivity index (χ2v) is 8.62. The molecule has 1 aliphatic carbocycles. The number of likely N-dealkylation sites (N-methyl/N-ethyl adjacent to an activating group) is 1. The Morgan fingerprint density at radius 3 is 2.45 bits per heavy atom. The molecule has 1 spiro atoms. The summed E-state index contributed by atoms with van der Waals surface area (Å²) in [5.74, 6) is 0.289. The zero-order chi connectivity index (χ0) is 22.0. The van der Waals surface area contributed by atoms with Gasteiger partial charge in [-0.25, -0.2) is 4.79 Å². The molecule has 2 aromatic carbocycles. The summed E-state index contributed by atoms with van der Waals surface area (Å²) in [6.07, 6.45) is 5.29. The zero-order valence-corrected chi connectivity index (χ0v) is 18.1. The van der Waals surface area contributed by atoms with Crippen molar-refractivity contribution in [1.29, 1.82) is 0 Å². The van der Waals surface area contributed by atoms with Gasteiger partial charge in [-0.2, -0.15) is 0 Å². The summed E-state index contributed by atoms with van der Waals surface area (Å²) >= 11 is 0. The first-order valence-corrected chi connectivity index (χ1v) is 10.9. The summed E-state index contributed by atoms with van der Waals surface area (Å²) < 4.78 is 5.26. The van der Waals surface area contributed by atoms with Crippen LogP contribution >= 0.6 is 0 Å². The third-order valence-electron chi connectivity index (χ3n) is 6.45. The summed E-state index contributed by atoms with van der Waals surface area (Å²) in [6.45, 7) is 0.170. The van der Waals surface area contributed by atoms with Gasteiger partial charge in [-0.3, -0.25) is 14.5 Å². The molecule has 1 saturated heterocycles. The van der Waals surface area contributed by atoms with E-state index in [9.17, 15) is 14.4 Å². The van der Waals surface area contributed by atoms with Crippen molar-refractivity contribution >= 4 is 28.6 Å². The van der Waals surface area contributed by atoms with Crippen molar-refractivity contribution in [2.24, 2.45) is 0 Å². The van der Waals surface area contributed by atoms with E-state index in [0.29, 0.717) is 19.4 Å². The third-order valence-corrected chi connectivity index (χ3v) is 6.45. The summed E-state index contributed by atoms with van der Waals surface area (Å²) in [5.41, 5.74) is 0.164. The van der Waals surface area contributed by atoms with E-state index < -0.39 is 11.6 Å². The fourth-order valence-electron chi connectivity index (χ4n) is 4.61. The predicted octanol–water partition coefficient (Wildman–Crippen LogP) is 3.45. The highest BCUT2D eigenvalue weighted by molar-refractivity contribution is 6.09. The number of methoxy groups -OCH3 is 1.